The molecule has 0 bridgehead atoms. The number of aromatic hydroxyl groups is 1. The number of nitrogens with two attached hydrogens (primary N) is 1. The zero-order chi connectivity index (χ0) is 29.5. The molecule has 0 aliphatic heterocycles. The van der Waals surface area contributed by atoms with E-state index in [0.29, 0.717) is 0 Å². The van der Waals surface area contributed by atoms with Crippen LogP contribution >= 0.6 is 0 Å². The Morgan fingerprint density at radius 3 is 2.40 bits per heavy atom. The molecule has 0 radical (unpaired) electrons. The van der Waals surface area contributed by atoms with Crippen LogP contribution < -0.4 is 5.73 Å². The van der Waals surface area contributed by atoms with Gasteiger partial charge in [0.25, 0.3) is 5.91 Å². The number of primary amides is 1. The van der Waals surface area contributed by atoms with Gasteiger partial charge in [-0.25, -0.2) is 4.39 Å². The van der Waals surface area contributed by atoms with E-state index in [1.165, 1.54) is 6.07 Å². The number of carbonyl (C=O) groups excluding carboxylic acids is 2. The summed E-state index contributed by atoms with van der Waals surface area (Å²) in [6.45, 7) is 6.18. The van der Waals surface area contributed by atoms with Gasteiger partial charge in [0.2, 0.25) is 0 Å². The molecule has 1 fully saturated rings. The van der Waals surface area contributed by atoms with E-state index in [2.05, 4.69) is 18.4 Å². The highest BCUT2D eigenvalue weighted by Crippen LogP contribution is 2.55. The largest absolute Gasteiger partial charge is 0.510 e. The van der Waals surface area contributed by atoms with Crippen LogP contribution in [0, 0.1) is 17.7 Å². The summed E-state index contributed by atoms with van der Waals surface area (Å²) in [6.07, 6.45) is 4.28. The molecule has 1 unspecified atom stereocenters. The highest BCUT2D eigenvalue weighted by atomic mass is 19.1. The number of phenols is 1. The second-order valence-corrected chi connectivity index (χ2v) is 12.4. The topological polar surface area (TPSA) is 148 Å². The lowest BCUT2D eigenvalue weighted by atomic mass is 9.57. The standard InChI is InChI=1S/C30H38FN3O6/c1-14-20(28(32)39)26(37)24(33(3)4)18-11-15-10-17-22(25(36)21(15)27(38)30(14,18)40)19(35)12-16(23(17)31)13-34(5)29(2)8-6-7-9-29/h12,15,18,24,35,37-38,40H,1,6-11,13H2,2-5H3,(H2,32,39)/t15?,18-,24-,30-/m0/s1. The Balaban J connectivity index is 1.61. The number of ketones is 1. The van der Waals surface area contributed by atoms with Gasteiger partial charge in [-0.3, -0.25) is 19.4 Å². The Hall–Kier alpha value is -3.21. The van der Waals surface area contributed by atoms with E-state index >= 15 is 4.39 Å². The lowest BCUT2D eigenvalue weighted by Crippen LogP contribution is -2.60. The van der Waals surface area contributed by atoms with Crippen molar-refractivity contribution >= 4 is 11.7 Å². The van der Waals surface area contributed by atoms with Crippen molar-refractivity contribution in [3.63, 3.8) is 0 Å². The van der Waals surface area contributed by atoms with Crippen molar-refractivity contribution in [2.75, 3.05) is 21.1 Å². The fourth-order valence-electron chi connectivity index (χ4n) is 7.60. The van der Waals surface area contributed by atoms with Crippen LogP contribution in [0.3, 0.4) is 0 Å². The first-order chi connectivity index (χ1) is 18.6. The number of carbonyl (C=O) groups is 2. The summed E-state index contributed by atoms with van der Waals surface area (Å²) in [4.78, 5) is 29.7. The number of aliphatic hydroxyl groups is 3. The van der Waals surface area contributed by atoms with Crippen molar-refractivity contribution in [3.05, 3.63) is 63.4 Å². The molecule has 40 heavy (non-hydrogen) atoms. The average molecular weight is 556 g/mol. The lowest BCUT2D eigenvalue weighted by Gasteiger charge is -2.52. The number of halogens is 1. The molecule has 1 aromatic rings. The normalized spacial score (nSPS) is 29.6. The number of fused-ring (bicyclic) bond motifs is 3. The molecule has 6 N–H and O–H groups in total. The number of rotatable bonds is 5. The minimum absolute atomic E-state index is 0.00103. The zero-order valence-corrected chi connectivity index (χ0v) is 23.4. The van der Waals surface area contributed by atoms with Crippen LogP contribution in [0.5, 0.6) is 5.75 Å². The Morgan fingerprint density at radius 1 is 1.20 bits per heavy atom. The number of hydrogen-bond acceptors (Lipinski definition) is 8. The maximum atomic E-state index is 16.1. The van der Waals surface area contributed by atoms with Crippen molar-refractivity contribution < 1.29 is 34.4 Å². The second kappa shape index (κ2) is 9.43. The van der Waals surface area contributed by atoms with E-state index in [0.717, 1.165) is 25.7 Å². The molecule has 5 rings (SSSR count). The summed E-state index contributed by atoms with van der Waals surface area (Å²) in [6, 6.07) is 0.329. The summed E-state index contributed by atoms with van der Waals surface area (Å²) in [5.41, 5.74) is 2.39. The number of hydrogen-bond donors (Lipinski definition) is 5. The molecule has 0 saturated heterocycles. The molecule has 1 saturated carbocycles. The summed E-state index contributed by atoms with van der Waals surface area (Å²) < 4.78 is 16.1. The quantitative estimate of drug-likeness (QED) is 0.373. The third-order valence-electron chi connectivity index (χ3n) is 9.93. The molecule has 1 aromatic carbocycles. The third kappa shape index (κ3) is 3.83. The van der Waals surface area contributed by atoms with Crippen LogP contribution in [0.4, 0.5) is 4.39 Å². The molecular formula is C30H38FN3O6. The monoisotopic (exact) mass is 555 g/mol. The number of allylic oxidation sites excluding steroid dienone is 1. The van der Waals surface area contributed by atoms with Gasteiger partial charge in [-0.05, 0) is 65.7 Å². The van der Waals surface area contributed by atoms with E-state index in [1.807, 2.05) is 7.05 Å². The number of aliphatic hydroxyl groups excluding tert-OH is 2. The summed E-state index contributed by atoms with van der Waals surface area (Å²) in [5, 5.41) is 45.4. The number of nitrogens with zero attached hydrogens (tertiary/aromatic N) is 2. The van der Waals surface area contributed by atoms with Gasteiger partial charge >= 0.3 is 0 Å². The van der Waals surface area contributed by atoms with Crippen LogP contribution in [0.2, 0.25) is 0 Å². The Labute approximate surface area is 233 Å². The van der Waals surface area contributed by atoms with Gasteiger partial charge in [0, 0.05) is 40.3 Å². The predicted octanol–water partition coefficient (Wildman–Crippen LogP) is 3.01. The molecule has 4 aliphatic carbocycles. The van der Waals surface area contributed by atoms with Gasteiger partial charge in [-0.2, -0.15) is 0 Å². The molecule has 0 aromatic heterocycles. The average Bonchev–Trinajstić information content (AvgIpc) is 3.31. The summed E-state index contributed by atoms with van der Waals surface area (Å²) in [5.74, 6) is -5.51. The second-order valence-electron chi connectivity index (χ2n) is 12.4. The van der Waals surface area contributed by atoms with Crippen LogP contribution in [-0.2, 0) is 17.8 Å². The van der Waals surface area contributed by atoms with Crippen LogP contribution in [-0.4, -0.2) is 80.2 Å². The van der Waals surface area contributed by atoms with Crippen LogP contribution in [0.1, 0.15) is 60.5 Å². The molecule has 0 heterocycles. The number of amides is 1. The Kier molecular flexibility index (Phi) is 6.67. The fourth-order valence-corrected chi connectivity index (χ4v) is 7.60. The van der Waals surface area contributed by atoms with Gasteiger partial charge in [0.15, 0.2) is 11.4 Å². The minimum Gasteiger partial charge on any atom is -0.510 e. The van der Waals surface area contributed by atoms with Gasteiger partial charge in [-0.1, -0.05) is 19.4 Å². The first-order valence-corrected chi connectivity index (χ1v) is 13.7. The number of benzene rings is 1. The van der Waals surface area contributed by atoms with E-state index in [9.17, 15) is 30.0 Å². The molecule has 216 valence electrons. The SMILES string of the molecule is C=C1C(C(N)=O)=C(O)[C@@H](N(C)C)[C@@H]2CC3Cc4c(F)c(CN(C)C5(C)CCCC5)cc(O)c4C(=O)C3=C(O)[C@]12O. The van der Waals surface area contributed by atoms with Crippen LogP contribution in [0.25, 0.3) is 0 Å². The summed E-state index contributed by atoms with van der Waals surface area (Å²) >= 11 is 0. The van der Waals surface area contributed by atoms with E-state index in [1.54, 1.807) is 19.0 Å². The number of phenolic OH excluding ortho intramolecular Hbond substituents is 1. The smallest absolute Gasteiger partial charge is 0.252 e. The Morgan fingerprint density at radius 2 is 1.82 bits per heavy atom. The highest BCUT2D eigenvalue weighted by Gasteiger charge is 2.60. The molecule has 4 atom stereocenters. The molecular weight excluding hydrogens is 517 g/mol. The van der Waals surface area contributed by atoms with Gasteiger partial charge in [0.05, 0.1) is 17.2 Å². The Bertz CT molecular complexity index is 1390. The lowest BCUT2D eigenvalue weighted by molar-refractivity contribution is -0.115. The van der Waals surface area contributed by atoms with Crippen molar-refractivity contribution in [2.24, 2.45) is 17.6 Å². The van der Waals surface area contributed by atoms with Gasteiger partial charge < -0.3 is 26.2 Å². The summed E-state index contributed by atoms with van der Waals surface area (Å²) in [7, 11) is 5.21. The van der Waals surface area contributed by atoms with Gasteiger partial charge in [0.1, 0.15) is 23.1 Å². The third-order valence-corrected chi connectivity index (χ3v) is 9.93. The predicted molar refractivity (Wildman–Crippen MR) is 146 cm³/mol. The van der Waals surface area contributed by atoms with Crippen molar-refractivity contribution in [1.29, 1.82) is 0 Å². The zero-order valence-electron chi connectivity index (χ0n) is 23.4. The highest BCUT2D eigenvalue weighted by molar-refractivity contribution is 6.13. The fraction of sp³-hybridized carbons (Fsp3) is 0.533. The molecule has 9 nitrogen and oxygen atoms in total. The number of Topliss-reactive ketones (excluding diaryl/α,β-unsaturated/α-hetero) is 1. The van der Waals surface area contributed by atoms with Crippen molar-refractivity contribution in [3.8, 4) is 5.75 Å². The van der Waals surface area contributed by atoms with Crippen LogP contribution in [0.15, 0.2) is 40.9 Å². The van der Waals surface area contributed by atoms with Gasteiger partial charge in [-0.15, -0.1) is 0 Å². The van der Waals surface area contributed by atoms with E-state index in [4.69, 9.17) is 5.73 Å². The maximum absolute atomic E-state index is 16.1. The first-order valence-electron chi connectivity index (χ1n) is 13.7. The molecule has 0 spiro atoms. The minimum atomic E-state index is -2.28. The molecule has 10 heteroatoms. The molecule has 1 amide bonds. The molecule has 4 aliphatic rings. The number of likely N-dealkylation sites (N-methyl/N-ethyl adjacent to an activating group) is 1. The first kappa shape index (κ1) is 28.3. The van der Waals surface area contributed by atoms with Crippen molar-refractivity contribution in [2.45, 2.75) is 69.2 Å². The maximum Gasteiger partial charge on any atom is 0.252 e. The van der Waals surface area contributed by atoms with Crippen molar-refractivity contribution in [1.82, 2.24) is 9.80 Å². The van der Waals surface area contributed by atoms with E-state index < -0.39 is 58.1 Å². The van der Waals surface area contributed by atoms with E-state index in [-0.39, 0.29) is 58.5 Å².